The van der Waals surface area contributed by atoms with Crippen LogP contribution in [0.3, 0.4) is 0 Å². The van der Waals surface area contributed by atoms with Crippen LogP contribution in [-0.2, 0) is 16.1 Å². The van der Waals surface area contributed by atoms with Gasteiger partial charge in [0, 0.05) is 12.7 Å². The van der Waals surface area contributed by atoms with Crippen molar-refractivity contribution in [2.45, 2.75) is 25.4 Å². The maximum Gasteiger partial charge on any atom is 0.316 e. The van der Waals surface area contributed by atoms with Crippen LogP contribution >= 0.6 is 11.8 Å². The van der Waals surface area contributed by atoms with E-state index in [1.807, 2.05) is 31.3 Å². The van der Waals surface area contributed by atoms with E-state index in [0.29, 0.717) is 6.61 Å². The van der Waals surface area contributed by atoms with E-state index < -0.39 is 0 Å². The van der Waals surface area contributed by atoms with E-state index in [2.05, 4.69) is 21.6 Å². The molecule has 2 aromatic rings. The SMILES string of the molecule is CCNCc1c(SCC(=O)OCC)nc2ccccn12. The number of carbonyl (C=O) groups is 1. The molecule has 0 aromatic carbocycles. The molecule has 0 aliphatic carbocycles. The summed E-state index contributed by atoms with van der Waals surface area (Å²) in [5.74, 6) is 0.0839. The molecule has 5 nitrogen and oxygen atoms in total. The van der Waals surface area contributed by atoms with Gasteiger partial charge in [-0.15, -0.1) is 0 Å². The minimum atomic E-state index is -0.205. The van der Waals surface area contributed by atoms with Gasteiger partial charge in [0.15, 0.2) is 0 Å². The van der Waals surface area contributed by atoms with Gasteiger partial charge in [0.1, 0.15) is 10.7 Å². The molecule has 0 radical (unpaired) electrons. The number of pyridine rings is 1. The van der Waals surface area contributed by atoms with Crippen molar-refractivity contribution in [1.82, 2.24) is 14.7 Å². The molecule has 0 unspecified atom stereocenters. The lowest BCUT2D eigenvalue weighted by Gasteiger charge is -2.05. The number of carbonyl (C=O) groups excluding carboxylic acids is 1. The molecule has 0 aliphatic rings. The first-order valence-corrected chi connectivity index (χ1v) is 7.70. The standard InChI is InChI=1S/C14H19N3O2S/c1-3-15-9-11-14(20-10-13(18)19-4-2)16-12-7-5-6-8-17(11)12/h5-8,15H,3-4,9-10H2,1-2H3. The average Bonchev–Trinajstić information content (AvgIpc) is 2.81. The van der Waals surface area contributed by atoms with E-state index in [9.17, 15) is 4.79 Å². The molecule has 0 saturated carbocycles. The second-order valence-electron chi connectivity index (χ2n) is 4.17. The third-order valence-corrected chi connectivity index (χ3v) is 3.75. The van der Waals surface area contributed by atoms with Crippen LogP contribution in [0.1, 0.15) is 19.5 Å². The molecule has 2 heterocycles. The highest BCUT2D eigenvalue weighted by Gasteiger charge is 2.13. The maximum absolute atomic E-state index is 11.5. The lowest BCUT2D eigenvalue weighted by atomic mass is 10.4. The van der Waals surface area contributed by atoms with Gasteiger partial charge in [0.2, 0.25) is 0 Å². The fraction of sp³-hybridized carbons (Fsp3) is 0.429. The van der Waals surface area contributed by atoms with Crippen LogP contribution < -0.4 is 5.32 Å². The van der Waals surface area contributed by atoms with Crippen molar-refractivity contribution in [1.29, 1.82) is 0 Å². The number of nitrogens with zero attached hydrogens (tertiary/aromatic N) is 2. The highest BCUT2D eigenvalue weighted by atomic mass is 32.2. The van der Waals surface area contributed by atoms with E-state index in [1.54, 1.807) is 0 Å². The fourth-order valence-electron chi connectivity index (χ4n) is 1.87. The molecule has 0 spiro atoms. The van der Waals surface area contributed by atoms with Crippen LogP contribution in [0.4, 0.5) is 0 Å². The second-order valence-corrected chi connectivity index (χ2v) is 5.13. The Morgan fingerprint density at radius 2 is 2.30 bits per heavy atom. The van der Waals surface area contributed by atoms with Crippen molar-refractivity contribution in [3.05, 3.63) is 30.1 Å². The molecule has 108 valence electrons. The van der Waals surface area contributed by atoms with E-state index >= 15 is 0 Å². The zero-order valence-electron chi connectivity index (χ0n) is 11.8. The van der Waals surface area contributed by atoms with Crippen molar-refractivity contribution in [2.75, 3.05) is 18.9 Å². The summed E-state index contributed by atoms with van der Waals surface area (Å²) in [7, 11) is 0. The number of fused-ring (bicyclic) bond motifs is 1. The van der Waals surface area contributed by atoms with Crippen LogP contribution in [0.25, 0.3) is 5.65 Å². The highest BCUT2D eigenvalue weighted by Crippen LogP contribution is 2.23. The van der Waals surface area contributed by atoms with Crippen LogP contribution in [0, 0.1) is 0 Å². The monoisotopic (exact) mass is 293 g/mol. The van der Waals surface area contributed by atoms with Gasteiger partial charge in [-0.1, -0.05) is 24.8 Å². The molecule has 1 N–H and O–H groups in total. The van der Waals surface area contributed by atoms with Gasteiger partial charge in [-0.2, -0.15) is 0 Å². The molecular formula is C14H19N3O2S. The predicted octanol–water partition coefficient (Wildman–Crippen LogP) is 2.10. The molecule has 6 heteroatoms. The van der Waals surface area contributed by atoms with Crippen molar-refractivity contribution < 1.29 is 9.53 Å². The fourth-order valence-corrected chi connectivity index (χ4v) is 2.71. The molecule has 0 atom stereocenters. The Balaban J connectivity index is 2.19. The summed E-state index contributed by atoms with van der Waals surface area (Å²) in [5, 5.41) is 4.19. The van der Waals surface area contributed by atoms with Gasteiger partial charge in [-0.25, -0.2) is 4.98 Å². The normalized spacial score (nSPS) is 10.9. The topological polar surface area (TPSA) is 55.6 Å². The molecule has 0 aliphatic heterocycles. The summed E-state index contributed by atoms with van der Waals surface area (Å²) in [6, 6.07) is 5.90. The lowest BCUT2D eigenvalue weighted by Crippen LogP contribution is -2.14. The van der Waals surface area contributed by atoms with Gasteiger partial charge < -0.3 is 14.5 Å². The number of imidazole rings is 1. The molecule has 0 saturated heterocycles. The Morgan fingerprint density at radius 1 is 1.45 bits per heavy atom. The van der Waals surface area contributed by atoms with Gasteiger partial charge in [-0.3, -0.25) is 4.79 Å². The third-order valence-electron chi connectivity index (χ3n) is 2.77. The summed E-state index contributed by atoms with van der Waals surface area (Å²) >= 11 is 1.42. The minimum Gasteiger partial charge on any atom is -0.465 e. The summed E-state index contributed by atoms with van der Waals surface area (Å²) in [6.07, 6.45) is 1.99. The van der Waals surface area contributed by atoms with Gasteiger partial charge in [0.25, 0.3) is 0 Å². The van der Waals surface area contributed by atoms with Crippen molar-refractivity contribution >= 4 is 23.4 Å². The number of esters is 1. The smallest absolute Gasteiger partial charge is 0.316 e. The van der Waals surface area contributed by atoms with Gasteiger partial charge in [0.05, 0.1) is 18.1 Å². The number of hydrogen-bond donors (Lipinski definition) is 1. The largest absolute Gasteiger partial charge is 0.465 e. The minimum absolute atomic E-state index is 0.205. The number of thioether (sulfide) groups is 1. The van der Waals surface area contributed by atoms with Crippen LogP contribution in [0.2, 0.25) is 0 Å². The molecule has 0 fully saturated rings. The zero-order valence-corrected chi connectivity index (χ0v) is 12.6. The Morgan fingerprint density at radius 3 is 3.05 bits per heavy atom. The average molecular weight is 293 g/mol. The first-order chi connectivity index (χ1) is 9.76. The molecular weight excluding hydrogens is 274 g/mol. The Hall–Kier alpha value is -1.53. The summed E-state index contributed by atoms with van der Waals surface area (Å²) in [4.78, 5) is 16.0. The maximum atomic E-state index is 11.5. The number of aromatic nitrogens is 2. The quantitative estimate of drug-likeness (QED) is 0.626. The summed E-state index contributed by atoms with van der Waals surface area (Å²) < 4.78 is 7.00. The Labute approximate surface area is 122 Å². The van der Waals surface area contributed by atoms with E-state index in [4.69, 9.17) is 4.74 Å². The first-order valence-electron chi connectivity index (χ1n) is 6.71. The van der Waals surface area contributed by atoms with E-state index in [1.165, 1.54) is 11.8 Å². The Kier molecular flexibility index (Phi) is 5.43. The number of ether oxygens (including phenoxy) is 1. The summed E-state index contributed by atoms with van der Waals surface area (Å²) in [6.45, 7) is 5.91. The van der Waals surface area contributed by atoms with Crippen LogP contribution in [-0.4, -0.2) is 34.3 Å². The molecule has 0 bridgehead atoms. The number of hydrogen-bond acceptors (Lipinski definition) is 5. The van der Waals surface area contributed by atoms with Crippen molar-refractivity contribution in [3.8, 4) is 0 Å². The second kappa shape index (κ2) is 7.31. The van der Waals surface area contributed by atoms with E-state index in [-0.39, 0.29) is 11.7 Å². The highest BCUT2D eigenvalue weighted by molar-refractivity contribution is 7.99. The zero-order chi connectivity index (χ0) is 14.4. The number of nitrogens with one attached hydrogen (secondary N) is 1. The predicted molar refractivity (Wildman–Crippen MR) is 79.9 cm³/mol. The molecule has 20 heavy (non-hydrogen) atoms. The molecule has 2 aromatic heterocycles. The number of rotatable bonds is 7. The molecule has 2 rings (SSSR count). The lowest BCUT2D eigenvalue weighted by molar-refractivity contribution is -0.139. The third kappa shape index (κ3) is 3.52. The molecule has 0 amide bonds. The Bertz CT molecular complexity index is 583. The van der Waals surface area contributed by atoms with Gasteiger partial charge in [-0.05, 0) is 25.6 Å². The van der Waals surface area contributed by atoms with Gasteiger partial charge >= 0.3 is 5.97 Å². The summed E-state index contributed by atoms with van der Waals surface area (Å²) in [5.41, 5.74) is 1.98. The van der Waals surface area contributed by atoms with Crippen molar-refractivity contribution in [2.24, 2.45) is 0 Å². The first kappa shape index (κ1) is 14.9. The van der Waals surface area contributed by atoms with E-state index in [0.717, 1.165) is 29.5 Å². The van der Waals surface area contributed by atoms with Crippen molar-refractivity contribution in [3.63, 3.8) is 0 Å². The van der Waals surface area contributed by atoms with Crippen LogP contribution in [0.15, 0.2) is 29.4 Å². The van der Waals surface area contributed by atoms with Crippen LogP contribution in [0.5, 0.6) is 0 Å².